The standard InChI is InChI=1S/C17H32N2O3/c1-6-17(7-2)14(11(3)15(17)22-5)18-16(21)19(4)10-12-8-13(20)9-12/h11-15,20H,6-10H2,1-5H3,(H,18,21)/t11-,12?,13?,14-,15-/m1/s1. The van der Waals surface area contributed by atoms with Crippen LogP contribution in [0.1, 0.15) is 46.5 Å². The molecule has 2 aliphatic carbocycles. The molecule has 0 aliphatic heterocycles. The summed E-state index contributed by atoms with van der Waals surface area (Å²) in [5, 5.41) is 12.6. The maximum Gasteiger partial charge on any atom is 0.317 e. The van der Waals surface area contributed by atoms with Crippen LogP contribution in [-0.2, 0) is 4.74 Å². The highest BCUT2D eigenvalue weighted by molar-refractivity contribution is 5.74. The van der Waals surface area contributed by atoms with Gasteiger partial charge in [-0.3, -0.25) is 0 Å². The van der Waals surface area contributed by atoms with Crippen molar-refractivity contribution in [3.05, 3.63) is 0 Å². The van der Waals surface area contributed by atoms with E-state index >= 15 is 0 Å². The van der Waals surface area contributed by atoms with Crippen molar-refractivity contribution in [2.75, 3.05) is 20.7 Å². The Morgan fingerprint density at radius 3 is 2.41 bits per heavy atom. The maximum atomic E-state index is 12.5. The van der Waals surface area contributed by atoms with E-state index in [1.54, 1.807) is 12.0 Å². The maximum absolute atomic E-state index is 12.5. The Kier molecular flexibility index (Phi) is 5.38. The number of urea groups is 1. The molecule has 5 heteroatoms. The molecular weight excluding hydrogens is 280 g/mol. The summed E-state index contributed by atoms with van der Waals surface area (Å²) in [6.07, 6.45) is 3.71. The van der Waals surface area contributed by atoms with Crippen LogP contribution in [0.5, 0.6) is 0 Å². The van der Waals surface area contributed by atoms with Crippen molar-refractivity contribution in [2.24, 2.45) is 17.3 Å². The van der Waals surface area contributed by atoms with Gasteiger partial charge in [-0.05, 0) is 31.6 Å². The average molecular weight is 312 g/mol. The highest BCUT2D eigenvalue weighted by atomic mass is 16.5. The molecule has 0 aromatic heterocycles. The number of aliphatic hydroxyl groups is 1. The minimum absolute atomic E-state index is 0.000863. The first-order valence-electron chi connectivity index (χ1n) is 8.62. The zero-order valence-electron chi connectivity index (χ0n) is 14.6. The van der Waals surface area contributed by atoms with Gasteiger partial charge in [-0.15, -0.1) is 0 Å². The molecule has 0 heterocycles. The van der Waals surface area contributed by atoms with Crippen LogP contribution in [0.3, 0.4) is 0 Å². The molecule has 0 bridgehead atoms. The fourth-order valence-corrected chi connectivity index (χ4v) is 4.66. The lowest BCUT2D eigenvalue weighted by Crippen LogP contribution is -2.70. The van der Waals surface area contributed by atoms with Crippen LogP contribution in [-0.4, -0.2) is 55.0 Å². The molecule has 128 valence electrons. The predicted molar refractivity (Wildman–Crippen MR) is 86.7 cm³/mol. The van der Waals surface area contributed by atoms with Crippen LogP contribution >= 0.6 is 0 Å². The molecule has 2 aliphatic rings. The first-order chi connectivity index (χ1) is 10.4. The van der Waals surface area contributed by atoms with Crippen molar-refractivity contribution in [1.29, 1.82) is 0 Å². The number of rotatable bonds is 6. The summed E-state index contributed by atoms with van der Waals surface area (Å²) in [7, 11) is 3.62. The normalized spacial score (nSPS) is 36.2. The van der Waals surface area contributed by atoms with Gasteiger partial charge in [-0.2, -0.15) is 0 Å². The Labute approximate surface area is 134 Å². The number of methoxy groups -OCH3 is 1. The predicted octanol–water partition coefficient (Wildman–Crippen LogP) is 2.24. The molecule has 2 amide bonds. The lowest BCUT2D eigenvalue weighted by Gasteiger charge is -2.59. The van der Waals surface area contributed by atoms with Crippen molar-refractivity contribution >= 4 is 6.03 Å². The fourth-order valence-electron chi connectivity index (χ4n) is 4.66. The van der Waals surface area contributed by atoms with Gasteiger partial charge in [0, 0.05) is 38.1 Å². The summed E-state index contributed by atoms with van der Waals surface area (Å²) in [4.78, 5) is 14.2. The molecule has 0 aromatic rings. The fraction of sp³-hybridized carbons (Fsp3) is 0.941. The minimum atomic E-state index is -0.164. The molecule has 22 heavy (non-hydrogen) atoms. The van der Waals surface area contributed by atoms with E-state index in [4.69, 9.17) is 4.74 Å². The van der Waals surface area contributed by atoms with Crippen LogP contribution < -0.4 is 5.32 Å². The second-order valence-corrected chi connectivity index (χ2v) is 7.25. The van der Waals surface area contributed by atoms with Crippen molar-refractivity contribution in [3.8, 4) is 0 Å². The van der Waals surface area contributed by atoms with Crippen LogP contribution in [0.2, 0.25) is 0 Å². The van der Waals surface area contributed by atoms with Crippen molar-refractivity contribution < 1.29 is 14.6 Å². The second kappa shape index (κ2) is 6.75. The molecule has 0 unspecified atom stereocenters. The summed E-state index contributed by atoms with van der Waals surface area (Å²) in [5.41, 5.74) is 0.0529. The molecule has 0 radical (unpaired) electrons. The van der Waals surface area contributed by atoms with Crippen molar-refractivity contribution in [3.63, 3.8) is 0 Å². The second-order valence-electron chi connectivity index (χ2n) is 7.25. The van der Waals surface area contributed by atoms with Gasteiger partial charge < -0.3 is 20.1 Å². The quantitative estimate of drug-likeness (QED) is 0.790. The van der Waals surface area contributed by atoms with Gasteiger partial charge in [-0.25, -0.2) is 4.79 Å². The first-order valence-corrected chi connectivity index (χ1v) is 8.62. The van der Waals surface area contributed by atoms with Crippen LogP contribution in [0.25, 0.3) is 0 Å². The van der Waals surface area contributed by atoms with E-state index in [1.165, 1.54) is 0 Å². The van der Waals surface area contributed by atoms with E-state index in [9.17, 15) is 9.90 Å². The Morgan fingerprint density at radius 1 is 1.36 bits per heavy atom. The van der Waals surface area contributed by atoms with Crippen LogP contribution in [0.15, 0.2) is 0 Å². The zero-order chi connectivity index (χ0) is 16.5. The number of nitrogens with zero attached hydrogens (tertiary/aromatic N) is 1. The molecular formula is C17H32N2O3. The summed E-state index contributed by atoms with van der Waals surface area (Å²) < 4.78 is 5.68. The monoisotopic (exact) mass is 312 g/mol. The lowest BCUT2D eigenvalue weighted by atomic mass is 9.53. The lowest BCUT2D eigenvalue weighted by molar-refractivity contribution is -0.164. The number of hydrogen-bond donors (Lipinski definition) is 2. The SMILES string of the molecule is CCC1(CC)[C@H](NC(=O)N(C)CC2CC(O)C2)[C@@H](C)[C@H]1OC. The molecule has 0 aromatic carbocycles. The van der Waals surface area contributed by atoms with E-state index in [0.29, 0.717) is 11.8 Å². The molecule has 5 nitrogen and oxygen atoms in total. The van der Waals surface area contributed by atoms with Gasteiger partial charge in [0.25, 0.3) is 0 Å². The molecule has 2 fully saturated rings. The smallest absolute Gasteiger partial charge is 0.317 e. The number of ether oxygens (including phenoxy) is 1. The topological polar surface area (TPSA) is 61.8 Å². The molecule has 0 saturated heterocycles. The van der Waals surface area contributed by atoms with Gasteiger partial charge in [0.05, 0.1) is 12.2 Å². The molecule has 2 saturated carbocycles. The third kappa shape index (κ3) is 2.85. The molecule has 0 spiro atoms. The molecule has 3 atom stereocenters. The van der Waals surface area contributed by atoms with Gasteiger partial charge in [0.15, 0.2) is 0 Å². The Balaban J connectivity index is 1.92. The van der Waals surface area contributed by atoms with E-state index in [2.05, 4.69) is 26.1 Å². The van der Waals surface area contributed by atoms with Gasteiger partial charge in [0.1, 0.15) is 0 Å². The van der Waals surface area contributed by atoms with Gasteiger partial charge >= 0.3 is 6.03 Å². The van der Waals surface area contributed by atoms with Gasteiger partial charge in [0.2, 0.25) is 0 Å². The zero-order valence-corrected chi connectivity index (χ0v) is 14.6. The number of nitrogens with one attached hydrogen (secondary N) is 1. The Bertz CT molecular complexity index is 391. The summed E-state index contributed by atoms with van der Waals surface area (Å²) in [5.74, 6) is 0.783. The van der Waals surface area contributed by atoms with Gasteiger partial charge in [-0.1, -0.05) is 20.8 Å². The largest absolute Gasteiger partial charge is 0.393 e. The third-order valence-electron chi connectivity index (χ3n) is 6.13. The van der Waals surface area contributed by atoms with Crippen LogP contribution in [0, 0.1) is 17.3 Å². The number of amides is 2. The van der Waals surface area contributed by atoms with Crippen molar-refractivity contribution in [2.45, 2.75) is 64.7 Å². The summed E-state index contributed by atoms with van der Waals surface area (Å²) >= 11 is 0. The number of carbonyl (C=O) groups excluding carboxylic acids is 1. The number of hydrogen-bond acceptors (Lipinski definition) is 3. The third-order valence-corrected chi connectivity index (χ3v) is 6.13. The highest BCUT2D eigenvalue weighted by Crippen LogP contribution is 2.52. The average Bonchev–Trinajstić information content (AvgIpc) is 2.47. The highest BCUT2D eigenvalue weighted by Gasteiger charge is 2.59. The number of aliphatic hydroxyl groups excluding tert-OH is 1. The Morgan fingerprint density at radius 2 is 1.95 bits per heavy atom. The van der Waals surface area contributed by atoms with Crippen molar-refractivity contribution in [1.82, 2.24) is 10.2 Å². The summed E-state index contributed by atoms with van der Waals surface area (Å²) in [6.45, 7) is 7.24. The molecule has 2 N–H and O–H groups in total. The molecule has 2 rings (SSSR count). The van der Waals surface area contributed by atoms with Crippen LogP contribution in [0.4, 0.5) is 4.79 Å². The first kappa shape index (κ1) is 17.5. The van der Waals surface area contributed by atoms with E-state index < -0.39 is 0 Å². The Hall–Kier alpha value is -0.810. The summed E-state index contributed by atoms with van der Waals surface area (Å²) in [6, 6.07) is 0.174. The minimum Gasteiger partial charge on any atom is -0.393 e. The number of carbonyl (C=O) groups is 1. The van der Waals surface area contributed by atoms with E-state index in [0.717, 1.165) is 32.2 Å². The van der Waals surface area contributed by atoms with E-state index in [1.807, 2.05) is 7.05 Å². The van der Waals surface area contributed by atoms with E-state index in [-0.39, 0.29) is 29.7 Å².